The molecule has 0 spiro atoms. The summed E-state index contributed by atoms with van der Waals surface area (Å²) in [6, 6.07) is 12.0. The summed E-state index contributed by atoms with van der Waals surface area (Å²) in [5, 5.41) is 3.20. The van der Waals surface area contributed by atoms with Gasteiger partial charge in [0.1, 0.15) is 0 Å². The van der Waals surface area contributed by atoms with Gasteiger partial charge in [-0.05, 0) is 37.1 Å². The second kappa shape index (κ2) is 5.41. The molecule has 2 saturated heterocycles. The standard InChI is InChI=1S/C17H19N3OS/c18-13-4-2-1-3-12(13)15-5-6-16(22-15)17(21)19-14-10-20-8-7-11(14)9-20/h1-6,11,14H,7-10,18H2,(H,19,21)/t11-,14-/m0/s1. The number of carbonyl (C=O) groups is 1. The lowest BCUT2D eigenvalue weighted by atomic mass is 10.00. The molecule has 1 unspecified atom stereocenters. The van der Waals surface area contributed by atoms with Gasteiger partial charge in [0.25, 0.3) is 5.91 Å². The number of nitrogens with one attached hydrogen (secondary N) is 1. The highest BCUT2D eigenvalue weighted by Gasteiger charge is 2.38. The smallest absolute Gasteiger partial charge is 0.261 e. The number of benzene rings is 1. The van der Waals surface area contributed by atoms with Crippen molar-refractivity contribution in [3.63, 3.8) is 0 Å². The average molecular weight is 313 g/mol. The van der Waals surface area contributed by atoms with Gasteiger partial charge in [0.05, 0.1) is 4.88 Å². The lowest BCUT2D eigenvalue weighted by molar-refractivity contribution is 0.0928. The number of hydrogen-bond acceptors (Lipinski definition) is 4. The van der Waals surface area contributed by atoms with Crippen molar-refractivity contribution in [3.05, 3.63) is 41.3 Å². The topological polar surface area (TPSA) is 58.4 Å². The van der Waals surface area contributed by atoms with Gasteiger partial charge in [0.2, 0.25) is 0 Å². The van der Waals surface area contributed by atoms with Crippen molar-refractivity contribution >= 4 is 22.9 Å². The number of hydrogen-bond donors (Lipinski definition) is 2. The number of nitrogens with zero attached hydrogens (tertiary/aromatic N) is 1. The first kappa shape index (κ1) is 13.8. The predicted octanol–water partition coefficient (Wildman–Crippen LogP) is 2.43. The molecule has 114 valence electrons. The van der Waals surface area contributed by atoms with E-state index in [0.29, 0.717) is 12.0 Å². The SMILES string of the molecule is Nc1ccccc1-c1ccc(C(=O)N[C@H]2CN3CC[C@H]2C3)s1. The molecule has 0 saturated carbocycles. The molecule has 22 heavy (non-hydrogen) atoms. The number of anilines is 1. The molecule has 3 N–H and O–H groups in total. The zero-order valence-corrected chi connectivity index (χ0v) is 13.1. The third-order valence-electron chi connectivity index (χ3n) is 4.71. The Morgan fingerprint density at radius 1 is 1.23 bits per heavy atom. The Labute approximate surface area is 133 Å². The normalized spacial score (nSPS) is 26.3. The maximum atomic E-state index is 12.5. The molecule has 2 aliphatic heterocycles. The Bertz CT molecular complexity index is 711. The molecule has 5 heteroatoms. The fourth-order valence-electron chi connectivity index (χ4n) is 3.51. The summed E-state index contributed by atoms with van der Waals surface area (Å²) in [4.78, 5) is 16.7. The van der Waals surface area contributed by atoms with E-state index in [1.54, 1.807) is 0 Å². The molecule has 0 radical (unpaired) electrons. The van der Waals surface area contributed by atoms with Crippen molar-refractivity contribution in [2.45, 2.75) is 12.5 Å². The number of piperidine rings is 1. The van der Waals surface area contributed by atoms with Gasteiger partial charge in [-0.2, -0.15) is 0 Å². The third-order valence-corrected chi connectivity index (χ3v) is 5.82. The first-order valence-corrected chi connectivity index (χ1v) is 8.50. The van der Waals surface area contributed by atoms with Crippen LogP contribution in [0.4, 0.5) is 5.69 Å². The molecular formula is C17H19N3OS. The number of nitrogen functional groups attached to an aromatic ring is 1. The molecule has 1 amide bonds. The van der Waals surface area contributed by atoms with Gasteiger partial charge in [-0.1, -0.05) is 18.2 Å². The van der Waals surface area contributed by atoms with Gasteiger partial charge < -0.3 is 16.0 Å². The van der Waals surface area contributed by atoms with Crippen LogP contribution in [0.5, 0.6) is 0 Å². The van der Waals surface area contributed by atoms with Crippen molar-refractivity contribution in [2.75, 3.05) is 25.4 Å². The van der Waals surface area contributed by atoms with Crippen molar-refractivity contribution < 1.29 is 4.79 Å². The van der Waals surface area contributed by atoms with Crippen molar-refractivity contribution in [3.8, 4) is 10.4 Å². The molecule has 4 rings (SSSR count). The van der Waals surface area contributed by atoms with Crippen LogP contribution >= 0.6 is 11.3 Å². The highest BCUT2D eigenvalue weighted by molar-refractivity contribution is 7.17. The Hall–Kier alpha value is -1.85. The monoisotopic (exact) mass is 313 g/mol. The second-order valence-electron chi connectivity index (χ2n) is 6.14. The number of para-hydroxylation sites is 1. The van der Waals surface area contributed by atoms with Crippen LogP contribution in [-0.4, -0.2) is 36.5 Å². The van der Waals surface area contributed by atoms with E-state index >= 15 is 0 Å². The first-order chi connectivity index (χ1) is 10.7. The maximum absolute atomic E-state index is 12.5. The van der Waals surface area contributed by atoms with E-state index in [0.717, 1.165) is 34.1 Å². The Morgan fingerprint density at radius 2 is 2.09 bits per heavy atom. The largest absolute Gasteiger partial charge is 0.398 e. The van der Waals surface area contributed by atoms with E-state index in [9.17, 15) is 4.79 Å². The van der Waals surface area contributed by atoms with Gasteiger partial charge >= 0.3 is 0 Å². The number of amides is 1. The fraction of sp³-hybridized carbons (Fsp3) is 0.353. The van der Waals surface area contributed by atoms with Crippen molar-refractivity contribution in [2.24, 2.45) is 5.92 Å². The number of fused-ring (bicyclic) bond motifs is 2. The Morgan fingerprint density at radius 3 is 2.82 bits per heavy atom. The average Bonchev–Trinajstić information content (AvgIpc) is 3.24. The minimum Gasteiger partial charge on any atom is -0.398 e. The van der Waals surface area contributed by atoms with Gasteiger partial charge in [-0.25, -0.2) is 0 Å². The second-order valence-corrected chi connectivity index (χ2v) is 7.22. The minimum absolute atomic E-state index is 0.0458. The van der Waals surface area contributed by atoms with Crippen molar-refractivity contribution in [1.29, 1.82) is 0 Å². The van der Waals surface area contributed by atoms with Crippen LogP contribution in [0.15, 0.2) is 36.4 Å². The van der Waals surface area contributed by atoms with E-state index in [-0.39, 0.29) is 5.91 Å². The molecule has 0 aliphatic carbocycles. The lowest BCUT2D eigenvalue weighted by Gasteiger charge is -2.22. The summed E-state index contributed by atoms with van der Waals surface area (Å²) in [5.41, 5.74) is 7.76. The lowest BCUT2D eigenvalue weighted by Crippen LogP contribution is -2.42. The number of thiophene rings is 1. The van der Waals surface area contributed by atoms with Gasteiger partial charge in [-0.3, -0.25) is 4.79 Å². The molecular weight excluding hydrogens is 294 g/mol. The molecule has 2 aromatic rings. The van der Waals surface area contributed by atoms with Crippen molar-refractivity contribution in [1.82, 2.24) is 10.2 Å². The highest BCUT2D eigenvalue weighted by Crippen LogP contribution is 2.33. The summed E-state index contributed by atoms with van der Waals surface area (Å²) >= 11 is 1.51. The summed E-state index contributed by atoms with van der Waals surface area (Å²) in [6.45, 7) is 3.33. The van der Waals surface area contributed by atoms with Gasteiger partial charge in [-0.15, -0.1) is 11.3 Å². The molecule has 1 aromatic carbocycles. The van der Waals surface area contributed by atoms with E-state index in [4.69, 9.17) is 5.73 Å². The van der Waals surface area contributed by atoms with Crippen LogP contribution < -0.4 is 11.1 Å². The van der Waals surface area contributed by atoms with Crippen LogP contribution in [0.3, 0.4) is 0 Å². The maximum Gasteiger partial charge on any atom is 0.261 e. The molecule has 4 nitrogen and oxygen atoms in total. The zero-order chi connectivity index (χ0) is 15.1. The number of rotatable bonds is 3. The van der Waals surface area contributed by atoms with E-state index in [1.165, 1.54) is 24.3 Å². The minimum atomic E-state index is 0.0458. The predicted molar refractivity (Wildman–Crippen MR) is 90.0 cm³/mol. The van der Waals surface area contributed by atoms with Gasteiger partial charge in [0, 0.05) is 35.3 Å². The highest BCUT2D eigenvalue weighted by atomic mass is 32.1. The first-order valence-electron chi connectivity index (χ1n) is 7.68. The molecule has 2 bridgehead atoms. The van der Waals surface area contributed by atoms with Gasteiger partial charge in [0.15, 0.2) is 0 Å². The Kier molecular flexibility index (Phi) is 3.39. The third kappa shape index (κ3) is 2.40. The number of carbonyl (C=O) groups excluding carboxylic acids is 1. The van der Waals surface area contributed by atoms with E-state index < -0.39 is 0 Å². The quantitative estimate of drug-likeness (QED) is 0.856. The van der Waals surface area contributed by atoms with Crippen LogP contribution in [0.25, 0.3) is 10.4 Å². The number of nitrogens with two attached hydrogens (primary N) is 1. The summed E-state index contributed by atoms with van der Waals surface area (Å²) in [6.07, 6.45) is 1.21. The van der Waals surface area contributed by atoms with Crippen LogP contribution in [-0.2, 0) is 0 Å². The fourth-order valence-corrected chi connectivity index (χ4v) is 4.47. The van der Waals surface area contributed by atoms with E-state index in [1.807, 2.05) is 36.4 Å². The molecule has 3 atom stereocenters. The summed E-state index contributed by atoms with van der Waals surface area (Å²) in [7, 11) is 0. The van der Waals surface area contributed by atoms with Crippen LogP contribution in [0.1, 0.15) is 16.1 Å². The summed E-state index contributed by atoms with van der Waals surface area (Å²) in [5.74, 6) is 0.678. The molecule has 2 fully saturated rings. The Balaban J connectivity index is 1.49. The molecule has 1 aromatic heterocycles. The van der Waals surface area contributed by atoms with Crippen LogP contribution in [0.2, 0.25) is 0 Å². The van der Waals surface area contributed by atoms with E-state index in [2.05, 4.69) is 10.2 Å². The molecule has 2 aliphatic rings. The molecule has 3 heterocycles. The van der Waals surface area contributed by atoms with Crippen LogP contribution in [0, 0.1) is 5.92 Å². The zero-order valence-electron chi connectivity index (χ0n) is 12.3. The summed E-state index contributed by atoms with van der Waals surface area (Å²) < 4.78 is 0.